The van der Waals surface area contributed by atoms with Gasteiger partial charge in [-0.05, 0) is 31.2 Å². The van der Waals surface area contributed by atoms with Gasteiger partial charge in [-0.3, -0.25) is 0 Å². The predicted octanol–water partition coefficient (Wildman–Crippen LogP) is 3.44. The minimum atomic E-state index is 0.526. The highest BCUT2D eigenvalue weighted by Gasteiger charge is 2.22. The first kappa shape index (κ1) is 9.22. The van der Waals surface area contributed by atoms with Gasteiger partial charge in [0.1, 0.15) is 0 Å². The molecule has 1 aliphatic carbocycles. The number of nitrogens with one attached hydrogen (secondary N) is 1. The summed E-state index contributed by atoms with van der Waals surface area (Å²) >= 11 is 11.1. The fourth-order valence-electron chi connectivity index (χ4n) is 1.49. The van der Waals surface area contributed by atoms with Crippen molar-refractivity contribution < 1.29 is 0 Å². The summed E-state index contributed by atoms with van der Waals surface area (Å²) in [5, 5.41) is 0. The molecule has 1 fully saturated rings. The summed E-state index contributed by atoms with van der Waals surface area (Å²) in [6.45, 7) is 0. The second-order valence-electron chi connectivity index (χ2n) is 3.58. The van der Waals surface area contributed by atoms with Gasteiger partial charge in [0.05, 0.1) is 5.88 Å². The van der Waals surface area contributed by atoms with E-state index in [1.165, 1.54) is 18.5 Å². The van der Waals surface area contributed by atoms with Crippen LogP contribution in [0.1, 0.15) is 24.1 Å². The second-order valence-corrected chi connectivity index (χ2v) is 4.29. The molecule has 0 spiro atoms. The highest BCUT2D eigenvalue weighted by Crippen LogP contribution is 2.33. The van der Waals surface area contributed by atoms with Gasteiger partial charge in [0, 0.05) is 22.0 Å². The molecule has 0 radical (unpaired) electrons. The molecule has 2 rings (SSSR count). The van der Waals surface area contributed by atoms with Gasteiger partial charge in [0.2, 0.25) is 0 Å². The third-order valence-corrected chi connectivity index (χ3v) is 3.13. The highest BCUT2D eigenvalue weighted by molar-refractivity contribution is 7.71. The van der Waals surface area contributed by atoms with Gasteiger partial charge in [-0.25, -0.2) is 0 Å². The quantitative estimate of drug-likeness (QED) is 0.601. The molecular weight excluding hydrogens is 202 g/mol. The first-order chi connectivity index (χ1) is 6.31. The summed E-state index contributed by atoms with van der Waals surface area (Å²) in [6.07, 6.45) is 5.75. The number of H-pyrrole nitrogens is 1. The summed E-state index contributed by atoms with van der Waals surface area (Å²) in [6, 6.07) is 1.91. The molecule has 1 aromatic rings. The van der Waals surface area contributed by atoms with E-state index < -0.39 is 0 Å². The van der Waals surface area contributed by atoms with Gasteiger partial charge in [-0.1, -0.05) is 12.2 Å². The monoisotopic (exact) mass is 213 g/mol. The van der Waals surface area contributed by atoms with Crippen molar-refractivity contribution >= 4 is 23.8 Å². The summed E-state index contributed by atoms with van der Waals surface area (Å²) < 4.78 is 0.893. The number of halogens is 1. The molecule has 0 aromatic carbocycles. The second kappa shape index (κ2) is 3.81. The Morgan fingerprint density at radius 3 is 2.92 bits per heavy atom. The fourth-order valence-corrected chi connectivity index (χ4v) is 2.14. The molecule has 70 valence electrons. The normalized spacial score (nSPS) is 16.1. The Morgan fingerprint density at radius 2 is 2.31 bits per heavy atom. The van der Waals surface area contributed by atoms with Gasteiger partial charge in [-0.2, -0.15) is 0 Å². The molecule has 1 heterocycles. The van der Waals surface area contributed by atoms with E-state index in [1.807, 2.05) is 12.3 Å². The largest absolute Gasteiger partial charge is 0.365 e. The van der Waals surface area contributed by atoms with Gasteiger partial charge in [0.15, 0.2) is 0 Å². The number of aromatic nitrogens is 1. The van der Waals surface area contributed by atoms with Crippen LogP contribution in [0.5, 0.6) is 0 Å². The van der Waals surface area contributed by atoms with E-state index in [1.54, 1.807) is 0 Å². The number of rotatable bonds is 3. The van der Waals surface area contributed by atoms with Crippen molar-refractivity contribution in [3.05, 3.63) is 28.0 Å². The first-order valence-corrected chi connectivity index (χ1v) is 5.51. The van der Waals surface area contributed by atoms with Crippen LogP contribution in [0.4, 0.5) is 0 Å². The lowest BCUT2D eigenvalue weighted by Gasteiger charge is -2.05. The molecule has 0 amide bonds. The molecule has 1 aliphatic rings. The maximum atomic E-state index is 5.85. The zero-order valence-corrected chi connectivity index (χ0v) is 8.92. The molecule has 3 heteroatoms. The molecular formula is C10H12ClNS. The molecule has 13 heavy (non-hydrogen) atoms. The lowest BCUT2D eigenvalue weighted by molar-refractivity contribution is 0.794. The molecule has 0 bridgehead atoms. The smallest absolute Gasteiger partial charge is 0.0505 e. The topological polar surface area (TPSA) is 15.8 Å². The maximum Gasteiger partial charge on any atom is 0.0505 e. The van der Waals surface area contributed by atoms with E-state index >= 15 is 0 Å². The molecule has 1 saturated carbocycles. The minimum Gasteiger partial charge on any atom is -0.365 e. The van der Waals surface area contributed by atoms with Crippen molar-refractivity contribution in [1.82, 2.24) is 4.98 Å². The fraction of sp³-hybridized carbons (Fsp3) is 0.500. The van der Waals surface area contributed by atoms with E-state index in [4.69, 9.17) is 23.8 Å². The van der Waals surface area contributed by atoms with E-state index in [2.05, 4.69) is 4.98 Å². The standard InChI is InChI=1S/C10H12ClNS/c11-6-8-9(5-7-1-2-7)12-4-3-10(8)13/h3-4,7H,1-2,5-6H2,(H,12,13). The Morgan fingerprint density at radius 1 is 1.54 bits per heavy atom. The first-order valence-electron chi connectivity index (χ1n) is 4.56. The Hall–Kier alpha value is -0.340. The number of pyridine rings is 1. The van der Waals surface area contributed by atoms with E-state index in [9.17, 15) is 0 Å². The van der Waals surface area contributed by atoms with Crippen LogP contribution in [-0.4, -0.2) is 4.98 Å². The average molecular weight is 214 g/mol. The summed E-state index contributed by atoms with van der Waals surface area (Å²) in [7, 11) is 0. The van der Waals surface area contributed by atoms with Gasteiger partial charge >= 0.3 is 0 Å². The minimum absolute atomic E-state index is 0.526. The molecule has 0 aliphatic heterocycles. The van der Waals surface area contributed by atoms with Crippen LogP contribution < -0.4 is 0 Å². The summed E-state index contributed by atoms with van der Waals surface area (Å²) in [4.78, 5) is 3.25. The van der Waals surface area contributed by atoms with Gasteiger partial charge < -0.3 is 4.98 Å². The third kappa shape index (κ3) is 2.12. The Labute approximate surface area is 88.1 Å². The maximum absolute atomic E-state index is 5.85. The lowest BCUT2D eigenvalue weighted by Crippen LogP contribution is -1.97. The highest BCUT2D eigenvalue weighted by atomic mass is 35.5. The van der Waals surface area contributed by atoms with Crippen molar-refractivity contribution in [2.75, 3.05) is 0 Å². The Bertz CT molecular complexity index is 354. The zero-order valence-electron chi connectivity index (χ0n) is 7.35. The number of hydrogen-bond donors (Lipinski definition) is 1. The lowest BCUT2D eigenvalue weighted by atomic mass is 10.1. The van der Waals surface area contributed by atoms with Crippen LogP contribution in [0.2, 0.25) is 0 Å². The number of hydrogen-bond acceptors (Lipinski definition) is 1. The van der Waals surface area contributed by atoms with Gasteiger partial charge in [0.25, 0.3) is 0 Å². The van der Waals surface area contributed by atoms with Crippen LogP contribution >= 0.6 is 23.8 Å². The summed E-state index contributed by atoms with van der Waals surface area (Å²) in [5.41, 5.74) is 2.36. The van der Waals surface area contributed by atoms with Gasteiger partial charge in [-0.15, -0.1) is 11.6 Å². The van der Waals surface area contributed by atoms with Crippen molar-refractivity contribution in [2.24, 2.45) is 5.92 Å². The van der Waals surface area contributed by atoms with E-state index in [-0.39, 0.29) is 0 Å². The number of alkyl halides is 1. The zero-order chi connectivity index (χ0) is 9.26. The SMILES string of the molecule is S=c1cc[nH]c(CC2CC2)c1CCl. The van der Waals surface area contributed by atoms with Crippen molar-refractivity contribution in [3.8, 4) is 0 Å². The molecule has 0 saturated heterocycles. The van der Waals surface area contributed by atoms with Crippen molar-refractivity contribution in [1.29, 1.82) is 0 Å². The average Bonchev–Trinajstić information content (AvgIpc) is 2.89. The Kier molecular flexibility index (Phi) is 2.70. The van der Waals surface area contributed by atoms with Crippen LogP contribution in [-0.2, 0) is 12.3 Å². The van der Waals surface area contributed by atoms with Crippen LogP contribution in [0.25, 0.3) is 0 Å². The third-order valence-electron chi connectivity index (χ3n) is 2.48. The van der Waals surface area contributed by atoms with Crippen LogP contribution in [0.3, 0.4) is 0 Å². The van der Waals surface area contributed by atoms with Crippen LogP contribution in [0.15, 0.2) is 12.3 Å². The van der Waals surface area contributed by atoms with Crippen molar-refractivity contribution in [3.63, 3.8) is 0 Å². The molecule has 1 nitrogen and oxygen atoms in total. The van der Waals surface area contributed by atoms with Crippen molar-refractivity contribution in [2.45, 2.75) is 25.1 Å². The predicted molar refractivity (Wildman–Crippen MR) is 57.6 cm³/mol. The Balaban J connectivity index is 2.30. The molecule has 1 aromatic heterocycles. The molecule has 1 N–H and O–H groups in total. The van der Waals surface area contributed by atoms with E-state index in [0.29, 0.717) is 5.88 Å². The molecule has 0 atom stereocenters. The van der Waals surface area contributed by atoms with Crippen LogP contribution in [0, 0.1) is 10.4 Å². The van der Waals surface area contributed by atoms with E-state index in [0.717, 1.165) is 22.4 Å². The molecule has 0 unspecified atom stereocenters. The summed E-state index contributed by atoms with van der Waals surface area (Å²) in [5.74, 6) is 1.40. The number of aromatic amines is 1.